The number of rotatable bonds is 30. The number of fused-ring (bicyclic) bond motifs is 1. The van der Waals surface area contributed by atoms with Gasteiger partial charge in [0.25, 0.3) is 0 Å². The van der Waals surface area contributed by atoms with Crippen LogP contribution in [-0.4, -0.2) is 98.7 Å². The van der Waals surface area contributed by atoms with Gasteiger partial charge in [0.05, 0.1) is 42.7 Å². The normalized spacial score (nSPS) is 11.7. The second-order valence-electron chi connectivity index (χ2n) is 26.1. The van der Waals surface area contributed by atoms with Gasteiger partial charge < -0.3 is 59.9 Å². The topological polar surface area (TPSA) is 144 Å². The maximum atomic E-state index is 9.49. The Morgan fingerprint density at radius 2 is 0.565 bits per heavy atom. The van der Waals surface area contributed by atoms with Gasteiger partial charge in [-0.2, -0.15) is 0 Å². The molecule has 6 N–H and O–H groups in total. The van der Waals surface area contributed by atoms with E-state index in [2.05, 4.69) is 240 Å². The third kappa shape index (κ3) is 25.3. The predicted octanol–water partition coefficient (Wildman–Crippen LogP) is 19.7. The summed E-state index contributed by atoms with van der Waals surface area (Å²) in [6.45, 7) is 6.56. The largest absolute Gasteiger partial charge is 0.504 e. The monoisotopic (exact) mass is 1450 g/mol. The Morgan fingerprint density at radius 1 is 0.287 bits per heavy atom. The molecule has 0 aliphatic carbocycles. The summed E-state index contributed by atoms with van der Waals surface area (Å²) < 4.78 is 32.3. The lowest BCUT2D eigenvalue weighted by Crippen LogP contribution is -2.31. The third-order valence-corrected chi connectivity index (χ3v) is 19.0. The maximum absolute atomic E-state index is 9.49. The van der Waals surface area contributed by atoms with Crippen molar-refractivity contribution < 1.29 is 38.6 Å². The quantitative estimate of drug-likeness (QED) is 0.0188. The fraction of sp³-hybridized carbons (Fsp3) is 0.250. The number of hydrogen-bond donors (Lipinski definition) is 6. The van der Waals surface area contributed by atoms with Crippen LogP contribution in [0.4, 0.5) is 0 Å². The van der Waals surface area contributed by atoms with Crippen LogP contribution in [0.5, 0.6) is 46.0 Å². The Balaban J connectivity index is 0.000000180. The van der Waals surface area contributed by atoms with Gasteiger partial charge in [-0.1, -0.05) is 251 Å². The van der Waals surface area contributed by atoms with Crippen LogP contribution in [0.25, 0.3) is 44.5 Å². The van der Waals surface area contributed by atoms with Gasteiger partial charge in [-0.3, -0.25) is 0 Å². The van der Waals surface area contributed by atoms with Gasteiger partial charge in [-0.25, -0.2) is 0 Å². The molecule has 12 heteroatoms. The molecule has 1 atom stereocenters. The van der Waals surface area contributed by atoms with Crippen molar-refractivity contribution in [3.8, 4) is 90.5 Å². The molecule has 1 heterocycles. The minimum Gasteiger partial charge on any atom is -0.504 e. The Hall–Kier alpha value is -11.1. The molecule has 12 aromatic carbocycles. The highest BCUT2D eigenvalue weighted by atomic mass is 16.5. The van der Waals surface area contributed by atoms with Crippen LogP contribution < -0.4 is 49.7 Å². The van der Waals surface area contributed by atoms with Crippen LogP contribution in [0.1, 0.15) is 71.0 Å². The average Bonchev–Trinajstić information content (AvgIpc) is 0.796. The summed E-state index contributed by atoms with van der Waals surface area (Å²) in [4.78, 5) is 0. The molecule has 0 saturated heterocycles. The Kier molecular flexibility index (Phi) is 34.2. The number of nitrogens with one attached hydrogen (secondary N) is 4. The fourth-order valence-electron chi connectivity index (χ4n) is 12.9. The minimum atomic E-state index is -0.0735. The summed E-state index contributed by atoms with van der Waals surface area (Å²) in [6, 6.07) is 98.8. The van der Waals surface area contributed by atoms with Gasteiger partial charge in [0.1, 0.15) is 0 Å². The molecule has 12 aromatic rings. The molecule has 13 rings (SSSR count). The van der Waals surface area contributed by atoms with Crippen LogP contribution in [0.3, 0.4) is 0 Å². The van der Waals surface area contributed by atoms with Crippen molar-refractivity contribution >= 4 is 0 Å². The van der Waals surface area contributed by atoms with E-state index in [0.717, 1.165) is 137 Å². The zero-order valence-electron chi connectivity index (χ0n) is 62.2. The first-order valence-electron chi connectivity index (χ1n) is 36.7. The second-order valence-corrected chi connectivity index (χ2v) is 26.1. The van der Waals surface area contributed by atoms with Crippen LogP contribution in [0.2, 0.25) is 0 Å². The number of benzene rings is 12. The molecule has 562 valence electrons. The summed E-state index contributed by atoms with van der Waals surface area (Å²) in [5, 5.41) is 32.9. The molecular formula is C96H110N4O8. The summed E-state index contributed by atoms with van der Waals surface area (Å²) in [5.74, 6) is 4.59. The van der Waals surface area contributed by atoms with Gasteiger partial charge in [0.2, 0.25) is 0 Å². The van der Waals surface area contributed by atoms with Crippen LogP contribution in [-0.2, 0) is 51.4 Å². The molecule has 1 unspecified atom stereocenters. The van der Waals surface area contributed by atoms with Crippen molar-refractivity contribution in [2.24, 2.45) is 0 Å². The van der Waals surface area contributed by atoms with E-state index in [9.17, 15) is 10.2 Å². The standard InChI is InChI=1S/C24H25NO2.2C24H27NO2.C22H23NO2.2CH4/c1-26-23-15-20-12-13-25-22(21(20)16-24(23)27-2)14-17-8-10-19(11-9-17)18-6-4-3-5-7-18;2*1-26-23-13-10-20(18-24(23)27-2)15-17-25-16-14-19-8-11-22(12-9-19)21-6-4-3-5-7-21;24-21-11-8-18(16-22(21)25)13-15-23-14-12-17-6-9-20(10-7-17)19-4-2-1-3-5-19;;/h3-11,15-16,22,25H,12-14H2,1-2H3;2*3-13,18,25H,14-17H2,1-2H3;1-11,16,23-25H,12-15H2;2*1H4. The van der Waals surface area contributed by atoms with Gasteiger partial charge in [-0.15, -0.1) is 0 Å². The van der Waals surface area contributed by atoms with Crippen molar-refractivity contribution in [2.75, 3.05) is 88.5 Å². The smallest absolute Gasteiger partial charge is 0.161 e. The molecule has 0 bridgehead atoms. The molecule has 1 aliphatic rings. The van der Waals surface area contributed by atoms with E-state index < -0.39 is 0 Å². The van der Waals surface area contributed by atoms with Crippen molar-refractivity contribution in [3.63, 3.8) is 0 Å². The lowest BCUT2D eigenvalue weighted by molar-refractivity contribution is 0.352. The summed E-state index contributed by atoms with van der Waals surface area (Å²) in [5.41, 5.74) is 21.5. The molecular weight excluding hydrogens is 1340 g/mol. The number of methoxy groups -OCH3 is 6. The lowest BCUT2D eigenvalue weighted by atomic mass is 9.89. The molecule has 0 fully saturated rings. The highest BCUT2D eigenvalue weighted by molar-refractivity contribution is 5.66. The van der Waals surface area contributed by atoms with Crippen molar-refractivity contribution in [2.45, 2.75) is 72.3 Å². The van der Waals surface area contributed by atoms with E-state index in [1.165, 1.54) is 95.1 Å². The van der Waals surface area contributed by atoms with E-state index in [1.807, 2.05) is 54.6 Å². The molecule has 0 aromatic heterocycles. The second kappa shape index (κ2) is 44.8. The fourth-order valence-corrected chi connectivity index (χ4v) is 12.9. The van der Waals surface area contributed by atoms with Crippen molar-refractivity contribution in [1.82, 2.24) is 21.3 Å². The SMILES string of the molecule is C.C.COc1cc2c(cc1OC)C(Cc1ccc(-c3ccccc3)cc1)NCC2.COc1ccc(CCNCCc2ccc(-c3ccccc3)cc2)cc1OC.COc1ccc(CCNCCc2ccc(-c3ccccc3)cc2)cc1OC.Oc1ccc(CCNCCc2ccc(-c3ccccc3)cc2)cc1O. The van der Waals surface area contributed by atoms with Crippen LogP contribution in [0.15, 0.2) is 285 Å². The van der Waals surface area contributed by atoms with Gasteiger partial charge in [0, 0.05) is 6.04 Å². The first-order valence-corrected chi connectivity index (χ1v) is 36.7. The average molecular weight is 1450 g/mol. The minimum absolute atomic E-state index is 0. The summed E-state index contributed by atoms with van der Waals surface area (Å²) in [6.07, 6.45) is 7.76. The van der Waals surface area contributed by atoms with Gasteiger partial charge in [-0.05, 0) is 240 Å². The highest BCUT2D eigenvalue weighted by Gasteiger charge is 2.23. The Labute approximate surface area is 642 Å². The summed E-state index contributed by atoms with van der Waals surface area (Å²) in [7, 11) is 10.0. The van der Waals surface area contributed by atoms with Crippen LogP contribution >= 0.6 is 0 Å². The molecule has 0 saturated carbocycles. The molecule has 0 spiro atoms. The first kappa shape index (κ1) is 82.5. The number of phenolic OH excluding ortho intramolecular Hbond substituents is 2. The number of hydrogen-bond acceptors (Lipinski definition) is 12. The van der Waals surface area contributed by atoms with E-state index in [4.69, 9.17) is 28.4 Å². The first-order chi connectivity index (χ1) is 52.1. The van der Waals surface area contributed by atoms with Gasteiger partial charge >= 0.3 is 0 Å². The van der Waals surface area contributed by atoms with Crippen LogP contribution in [0, 0.1) is 0 Å². The van der Waals surface area contributed by atoms with E-state index >= 15 is 0 Å². The van der Waals surface area contributed by atoms with Gasteiger partial charge in [0.15, 0.2) is 46.0 Å². The highest BCUT2D eigenvalue weighted by Crippen LogP contribution is 2.37. The molecule has 1 aliphatic heterocycles. The van der Waals surface area contributed by atoms with Crippen molar-refractivity contribution in [1.29, 1.82) is 0 Å². The third-order valence-electron chi connectivity index (χ3n) is 19.0. The lowest BCUT2D eigenvalue weighted by Gasteiger charge is -2.28. The number of aromatic hydroxyl groups is 2. The molecule has 0 radical (unpaired) electrons. The number of phenols is 2. The maximum Gasteiger partial charge on any atom is 0.161 e. The van der Waals surface area contributed by atoms with E-state index in [1.54, 1.807) is 48.7 Å². The molecule has 12 nitrogen and oxygen atoms in total. The van der Waals surface area contributed by atoms with Crippen molar-refractivity contribution in [3.05, 3.63) is 335 Å². The summed E-state index contributed by atoms with van der Waals surface area (Å²) >= 11 is 0. The molecule has 0 amide bonds. The zero-order valence-corrected chi connectivity index (χ0v) is 62.2. The Morgan fingerprint density at radius 3 is 0.898 bits per heavy atom. The Bertz CT molecular complexity index is 4380. The zero-order chi connectivity index (χ0) is 73.9. The number of ether oxygens (including phenoxy) is 6. The van der Waals surface area contributed by atoms with E-state index in [-0.39, 0.29) is 32.4 Å². The predicted molar refractivity (Wildman–Crippen MR) is 448 cm³/mol. The van der Waals surface area contributed by atoms with E-state index in [0.29, 0.717) is 0 Å². The molecule has 108 heavy (non-hydrogen) atoms.